The second-order valence-corrected chi connectivity index (χ2v) is 5.36. The average Bonchev–Trinajstić information content (AvgIpc) is 2.44. The summed E-state index contributed by atoms with van der Waals surface area (Å²) >= 11 is 0. The molecule has 110 valence electrons. The number of benzene rings is 1. The van der Waals surface area contributed by atoms with Crippen molar-refractivity contribution in [3.8, 4) is 11.5 Å². The summed E-state index contributed by atoms with van der Waals surface area (Å²) in [4.78, 5) is 12.1. The maximum atomic E-state index is 12.1. The third kappa shape index (κ3) is 3.42. The highest BCUT2D eigenvalue weighted by Gasteiger charge is 2.28. The third-order valence-electron chi connectivity index (χ3n) is 3.24. The van der Waals surface area contributed by atoms with Gasteiger partial charge in [-0.05, 0) is 32.5 Å². The predicted octanol–water partition coefficient (Wildman–Crippen LogP) is 1.33. The molecule has 0 radical (unpaired) electrons. The number of ether oxygens (including phenoxy) is 2. The molecule has 1 atom stereocenters. The number of nitrogens with one attached hydrogen (secondary N) is 2. The number of hydrogen-bond donors (Lipinski definition) is 2. The molecule has 1 aromatic carbocycles. The van der Waals surface area contributed by atoms with E-state index in [9.17, 15) is 4.79 Å². The molecule has 0 aliphatic carbocycles. The Morgan fingerprint density at radius 3 is 2.75 bits per heavy atom. The van der Waals surface area contributed by atoms with Crippen LogP contribution in [0.5, 0.6) is 11.5 Å². The molecule has 0 spiro atoms. The predicted molar refractivity (Wildman–Crippen MR) is 77.1 cm³/mol. The Bertz CT molecular complexity index is 474. The smallest absolute Gasteiger partial charge is 0.239 e. The Morgan fingerprint density at radius 2 is 2.05 bits per heavy atom. The van der Waals surface area contributed by atoms with Gasteiger partial charge in [0.25, 0.3) is 0 Å². The lowest BCUT2D eigenvalue weighted by atomic mass is 10.0. The van der Waals surface area contributed by atoms with Gasteiger partial charge in [0.05, 0.1) is 12.1 Å². The van der Waals surface area contributed by atoms with Crippen molar-refractivity contribution in [2.45, 2.75) is 32.4 Å². The van der Waals surface area contributed by atoms with Crippen LogP contribution in [0.3, 0.4) is 0 Å². The maximum Gasteiger partial charge on any atom is 0.239 e. The molecule has 1 aliphatic heterocycles. The van der Waals surface area contributed by atoms with Crippen molar-refractivity contribution in [1.29, 1.82) is 0 Å². The van der Waals surface area contributed by atoms with Crippen LogP contribution >= 0.6 is 0 Å². The van der Waals surface area contributed by atoms with Crippen LogP contribution in [0, 0.1) is 0 Å². The molecule has 0 bridgehead atoms. The van der Waals surface area contributed by atoms with Gasteiger partial charge < -0.3 is 20.1 Å². The Labute approximate surface area is 119 Å². The largest absolute Gasteiger partial charge is 0.486 e. The minimum Gasteiger partial charge on any atom is -0.486 e. The monoisotopic (exact) mass is 278 g/mol. The Balaban J connectivity index is 1.86. The number of fused-ring (bicyclic) bond motifs is 1. The van der Waals surface area contributed by atoms with Crippen molar-refractivity contribution in [2.24, 2.45) is 0 Å². The molecule has 1 unspecified atom stereocenters. The van der Waals surface area contributed by atoms with Gasteiger partial charge in [0, 0.05) is 0 Å². The first kappa shape index (κ1) is 14.7. The van der Waals surface area contributed by atoms with E-state index in [1.54, 1.807) is 0 Å². The summed E-state index contributed by atoms with van der Waals surface area (Å²) in [6.45, 7) is 7.32. The van der Waals surface area contributed by atoms with Gasteiger partial charge in [-0.3, -0.25) is 4.79 Å². The van der Waals surface area contributed by atoms with Gasteiger partial charge in [0.15, 0.2) is 11.5 Å². The molecule has 1 amide bonds. The van der Waals surface area contributed by atoms with Crippen LogP contribution in [-0.4, -0.2) is 37.2 Å². The van der Waals surface area contributed by atoms with Gasteiger partial charge in [-0.1, -0.05) is 19.1 Å². The summed E-state index contributed by atoms with van der Waals surface area (Å²) < 4.78 is 11.4. The first-order valence-corrected chi connectivity index (χ1v) is 6.94. The Morgan fingerprint density at radius 1 is 1.35 bits per heavy atom. The van der Waals surface area contributed by atoms with Gasteiger partial charge >= 0.3 is 0 Å². The standard InChI is InChI=1S/C15H22N2O3/c1-4-17-15(2,3)14(18)16-9-11-10-19-12-7-5-6-8-13(12)20-11/h5-8,11,17H,4,9-10H2,1-3H3,(H,16,18). The fourth-order valence-corrected chi connectivity index (χ4v) is 2.11. The van der Waals surface area contributed by atoms with E-state index in [0.29, 0.717) is 13.2 Å². The fourth-order valence-electron chi connectivity index (χ4n) is 2.11. The molecule has 1 aliphatic rings. The lowest BCUT2D eigenvalue weighted by Gasteiger charge is -2.29. The first-order chi connectivity index (χ1) is 9.53. The van der Waals surface area contributed by atoms with Crippen LogP contribution in [0.2, 0.25) is 0 Å². The van der Waals surface area contributed by atoms with E-state index < -0.39 is 5.54 Å². The van der Waals surface area contributed by atoms with E-state index in [2.05, 4.69) is 10.6 Å². The normalized spacial score (nSPS) is 17.6. The summed E-state index contributed by atoms with van der Waals surface area (Å²) in [5.74, 6) is 1.44. The Kier molecular flexibility index (Phi) is 4.49. The van der Waals surface area contributed by atoms with Crippen LogP contribution in [0.4, 0.5) is 0 Å². The minimum atomic E-state index is -0.581. The van der Waals surface area contributed by atoms with Gasteiger partial charge in [-0.2, -0.15) is 0 Å². The number of likely N-dealkylation sites (N-methyl/N-ethyl adjacent to an activating group) is 1. The number of para-hydroxylation sites is 2. The van der Waals surface area contributed by atoms with E-state index in [1.165, 1.54) is 0 Å². The van der Waals surface area contributed by atoms with Crippen molar-refractivity contribution >= 4 is 5.91 Å². The topological polar surface area (TPSA) is 59.6 Å². The van der Waals surface area contributed by atoms with Crippen LogP contribution < -0.4 is 20.1 Å². The fraction of sp³-hybridized carbons (Fsp3) is 0.533. The zero-order valence-electron chi connectivity index (χ0n) is 12.2. The van der Waals surface area contributed by atoms with Gasteiger partial charge in [0.1, 0.15) is 12.7 Å². The molecular formula is C15H22N2O3. The second kappa shape index (κ2) is 6.13. The van der Waals surface area contributed by atoms with E-state index in [-0.39, 0.29) is 12.0 Å². The molecule has 1 heterocycles. The van der Waals surface area contributed by atoms with Crippen molar-refractivity contribution in [2.75, 3.05) is 19.7 Å². The van der Waals surface area contributed by atoms with E-state index in [1.807, 2.05) is 45.0 Å². The summed E-state index contributed by atoms with van der Waals surface area (Å²) in [6, 6.07) is 7.55. The summed E-state index contributed by atoms with van der Waals surface area (Å²) in [7, 11) is 0. The van der Waals surface area contributed by atoms with Crippen LogP contribution in [-0.2, 0) is 4.79 Å². The van der Waals surface area contributed by atoms with E-state index in [4.69, 9.17) is 9.47 Å². The quantitative estimate of drug-likeness (QED) is 0.853. The lowest BCUT2D eigenvalue weighted by molar-refractivity contribution is -0.126. The molecule has 2 rings (SSSR count). The molecule has 2 N–H and O–H groups in total. The van der Waals surface area contributed by atoms with Gasteiger partial charge in [0.2, 0.25) is 5.91 Å². The second-order valence-electron chi connectivity index (χ2n) is 5.36. The molecule has 5 nitrogen and oxygen atoms in total. The van der Waals surface area contributed by atoms with Crippen LogP contribution in [0.15, 0.2) is 24.3 Å². The highest BCUT2D eigenvalue weighted by atomic mass is 16.6. The van der Waals surface area contributed by atoms with Crippen molar-refractivity contribution in [3.05, 3.63) is 24.3 Å². The van der Waals surface area contributed by atoms with Crippen LogP contribution in [0.1, 0.15) is 20.8 Å². The van der Waals surface area contributed by atoms with Crippen molar-refractivity contribution < 1.29 is 14.3 Å². The van der Waals surface area contributed by atoms with E-state index >= 15 is 0 Å². The van der Waals surface area contributed by atoms with Crippen LogP contribution in [0.25, 0.3) is 0 Å². The molecule has 0 saturated carbocycles. The highest BCUT2D eigenvalue weighted by Crippen LogP contribution is 2.30. The van der Waals surface area contributed by atoms with Crippen molar-refractivity contribution in [1.82, 2.24) is 10.6 Å². The zero-order valence-corrected chi connectivity index (χ0v) is 12.2. The van der Waals surface area contributed by atoms with Gasteiger partial charge in [-0.25, -0.2) is 0 Å². The number of hydrogen-bond acceptors (Lipinski definition) is 4. The molecule has 0 aromatic heterocycles. The Hall–Kier alpha value is -1.75. The van der Waals surface area contributed by atoms with Gasteiger partial charge in [-0.15, -0.1) is 0 Å². The molecule has 0 saturated heterocycles. The maximum absolute atomic E-state index is 12.1. The number of rotatable bonds is 5. The number of amides is 1. The summed E-state index contributed by atoms with van der Waals surface area (Å²) in [5.41, 5.74) is -0.581. The molecule has 0 fully saturated rings. The molecule has 1 aromatic rings. The highest BCUT2D eigenvalue weighted by molar-refractivity contribution is 5.85. The average molecular weight is 278 g/mol. The first-order valence-electron chi connectivity index (χ1n) is 6.94. The third-order valence-corrected chi connectivity index (χ3v) is 3.24. The number of carbonyl (C=O) groups is 1. The molecule has 20 heavy (non-hydrogen) atoms. The zero-order chi connectivity index (χ0) is 14.6. The van der Waals surface area contributed by atoms with E-state index in [0.717, 1.165) is 18.0 Å². The minimum absolute atomic E-state index is 0.0400. The molecule has 5 heteroatoms. The molecular weight excluding hydrogens is 256 g/mol. The number of carbonyl (C=O) groups excluding carboxylic acids is 1. The van der Waals surface area contributed by atoms with Crippen molar-refractivity contribution in [3.63, 3.8) is 0 Å². The summed E-state index contributed by atoms with van der Waals surface area (Å²) in [6.07, 6.45) is -0.161. The lowest BCUT2D eigenvalue weighted by Crippen LogP contribution is -2.54. The SMILES string of the molecule is CCNC(C)(C)C(=O)NCC1COc2ccccc2O1. The summed E-state index contributed by atoms with van der Waals surface area (Å²) in [5, 5.41) is 6.04.